The largest absolute Gasteiger partial charge is 0.271 e. The van der Waals surface area contributed by atoms with Crippen LogP contribution in [0.1, 0.15) is 38.2 Å². The van der Waals surface area contributed by atoms with E-state index in [0.717, 1.165) is 26.7 Å². The predicted molar refractivity (Wildman–Crippen MR) is 94.6 cm³/mol. The fourth-order valence-corrected chi connectivity index (χ4v) is 2.73. The van der Waals surface area contributed by atoms with Crippen LogP contribution in [0, 0.1) is 27.7 Å². The maximum Gasteiger partial charge on any atom is 0.271 e. The summed E-state index contributed by atoms with van der Waals surface area (Å²) in [6.45, 7) is 8.13. The Morgan fingerprint density at radius 3 is 2.27 bits per heavy atom. The lowest BCUT2D eigenvalue weighted by molar-refractivity contribution is 0.0955. The van der Waals surface area contributed by atoms with Crippen LogP contribution in [0.15, 0.2) is 39.9 Å². The van der Waals surface area contributed by atoms with E-state index in [9.17, 15) is 4.79 Å². The van der Waals surface area contributed by atoms with Gasteiger partial charge in [-0.25, -0.2) is 5.43 Å². The molecule has 22 heavy (non-hydrogen) atoms. The summed E-state index contributed by atoms with van der Waals surface area (Å²) in [5.74, 6) is -0.223. The monoisotopic (exact) mass is 358 g/mol. The van der Waals surface area contributed by atoms with E-state index < -0.39 is 0 Å². The molecule has 0 saturated carbocycles. The van der Waals surface area contributed by atoms with Gasteiger partial charge < -0.3 is 0 Å². The van der Waals surface area contributed by atoms with E-state index >= 15 is 0 Å². The first-order valence-electron chi connectivity index (χ1n) is 7.06. The number of hydrogen-bond acceptors (Lipinski definition) is 2. The Bertz CT molecular complexity index is 728. The minimum Gasteiger partial charge on any atom is -0.267 e. The number of hydrogen-bond donors (Lipinski definition) is 1. The molecule has 0 atom stereocenters. The summed E-state index contributed by atoms with van der Waals surface area (Å²) in [5.41, 5.74) is 8.79. The van der Waals surface area contributed by atoms with Crippen LogP contribution < -0.4 is 5.43 Å². The number of rotatable bonds is 3. The molecule has 0 radical (unpaired) electrons. The number of nitrogens with one attached hydrogen (secondary N) is 1. The van der Waals surface area contributed by atoms with Gasteiger partial charge in [0.2, 0.25) is 0 Å². The topological polar surface area (TPSA) is 41.5 Å². The van der Waals surface area contributed by atoms with Crippen LogP contribution in [0.2, 0.25) is 0 Å². The number of amides is 1. The molecule has 3 nitrogen and oxygen atoms in total. The minimum atomic E-state index is -0.223. The highest BCUT2D eigenvalue weighted by molar-refractivity contribution is 9.10. The lowest BCUT2D eigenvalue weighted by Gasteiger charge is -2.07. The minimum absolute atomic E-state index is 0.223. The van der Waals surface area contributed by atoms with Gasteiger partial charge in [-0.1, -0.05) is 39.7 Å². The van der Waals surface area contributed by atoms with Crippen LogP contribution in [-0.4, -0.2) is 12.1 Å². The van der Waals surface area contributed by atoms with E-state index in [4.69, 9.17) is 0 Å². The smallest absolute Gasteiger partial charge is 0.267 e. The summed E-state index contributed by atoms with van der Waals surface area (Å²) >= 11 is 3.43. The van der Waals surface area contributed by atoms with Crippen LogP contribution in [-0.2, 0) is 0 Å². The molecular formula is C18H19BrN2O. The maximum absolute atomic E-state index is 12.1. The number of aryl methyl sites for hydroxylation is 4. The van der Waals surface area contributed by atoms with Crippen molar-refractivity contribution in [2.45, 2.75) is 27.7 Å². The summed E-state index contributed by atoms with van der Waals surface area (Å²) < 4.78 is 0.911. The van der Waals surface area contributed by atoms with Gasteiger partial charge in [0, 0.05) is 15.6 Å². The van der Waals surface area contributed by atoms with Crippen LogP contribution in [0.25, 0.3) is 0 Å². The average molecular weight is 359 g/mol. The van der Waals surface area contributed by atoms with Crippen molar-refractivity contribution in [3.8, 4) is 0 Å². The van der Waals surface area contributed by atoms with Gasteiger partial charge >= 0.3 is 0 Å². The Labute approximate surface area is 139 Å². The van der Waals surface area contributed by atoms with Gasteiger partial charge in [0.1, 0.15) is 0 Å². The zero-order chi connectivity index (χ0) is 16.3. The van der Waals surface area contributed by atoms with Crippen molar-refractivity contribution in [2.75, 3.05) is 0 Å². The van der Waals surface area contributed by atoms with E-state index in [2.05, 4.69) is 45.5 Å². The quantitative estimate of drug-likeness (QED) is 0.639. The molecule has 4 heteroatoms. The number of nitrogens with zero attached hydrogens (tertiary/aromatic N) is 1. The molecule has 1 amide bonds. The molecule has 1 N–H and O–H groups in total. The number of halogens is 1. The first-order chi connectivity index (χ1) is 10.4. The number of carbonyl (C=O) groups excluding carboxylic acids is 1. The zero-order valence-corrected chi connectivity index (χ0v) is 14.8. The lowest BCUT2D eigenvalue weighted by atomic mass is 10.0. The Morgan fingerprint density at radius 1 is 1.05 bits per heavy atom. The molecule has 0 aliphatic rings. The van der Waals surface area contributed by atoms with Gasteiger partial charge in [-0.3, -0.25) is 4.79 Å². The highest BCUT2D eigenvalue weighted by atomic mass is 79.9. The molecule has 2 rings (SSSR count). The van der Waals surface area contributed by atoms with Crippen molar-refractivity contribution >= 4 is 28.1 Å². The van der Waals surface area contributed by atoms with Crippen molar-refractivity contribution in [3.63, 3.8) is 0 Å². The molecule has 0 unspecified atom stereocenters. The van der Waals surface area contributed by atoms with E-state index in [1.807, 2.05) is 26.8 Å². The van der Waals surface area contributed by atoms with E-state index in [-0.39, 0.29) is 5.91 Å². The summed E-state index contributed by atoms with van der Waals surface area (Å²) in [6, 6.07) is 9.69. The van der Waals surface area contributed by atoms with Gasteiger partial charge in [0.05, 0.1) is 6.21 Å². The second-order valence-electron chi connectivity index (χ2n) is 5.48. The van der Waals surface area contributed by atoms with Crippen LogP contribution >= 0.6 is 15.9 Å². The lowest BCUT2D eigenvalue weighted by Crippen LogP contribution is -2.17. The highest BCUT2D eigenvalue weighted by Crippen LogP contribution is 2.17. The Hall–Kier alpha value is -1.94. The molecular weight excluding hydrogens is 340 g/mol. The Morgan fingerprint density at radius 2 is 1.68 bits per heavy atom. The van der Waals surface area contributed by atoms with Crippen LogP contribution in [0.4, 0.5) is 0 Å². The van der Waals surface area contributed by atoms with Crippen molar-refractivity contribution in [1.29, 1.82) is 0 Å². The molecule has 0 aliphatic carbocycles. The molecule has 0 heterocycles. The van der Waals surface area contributed by atoms with Crippen LogP contribution in [0.5, 0.6) is 0 Å². The second-order valence-corrected chi connectivity index (χ2v) is 6.33. The molecule has 2 aromatic carbocycles. The van der Waals surface area contributed by atoms with Gasteiger partial charge in [-0.15, -0.1) is 0 Å². The molecule has 2 aromatic rings. The molecule has 0 bridgehead atoms. The van der Waals surface area contributed by atoms with Crippen LogP contribution in [0.3, 0.4) is 0 Å². The predicted octanol–water partition coefficient (Wildman–Crippen LogP) is 4.45. The van der Waals surface area contributed by atoms with Gasteiger partial charge in [0.15, 0.2) is 0 Å². The SMILES string of the molecule is Cc1cc(C)c(/C=N/NC(=O)c2ccc(C)c(Br)c2)c(C)c1. The van der Waals surface area contributed by atoms with Gasteiger partial charge in [0.25, 0.3) is 5.91 Å². The molecule has 0 aromatic heterocycles. The third-order valence-corrected chi connectivity index (χ3v) is 4.39. The van der Waals surface area contributed by atoms with Crippen molar-refractivity contribution in [2.24, 2.45) is 5.10 Å². The molecule has 114 valence electrons. The number of carbonyl (C=O) groups is 1. The highest BCUT2D eigenvalue weighted by Gasteiger charge is 2.06. The zero-order valence-electron chi connectivity index (χ0n) is 13.2. The molecule has 0 fully saturated rings. The third kappa shape index (κ3) is 3.83. The second kappa shape index (κ2) is 6.88. The standard InChI is InChI=1S/C18H19BrN2O/c1-11-7-13(3)16(14(4)8-11)10-20-21-18(22)15-6-5-12(2)17(19)9-15/h5-10H,1-4H3,(H,21,22)/b20-10+. The first-order valence-corrected chi connectivity index (χ1v) is 7.85. The fraction of sp³-hybridized carbons (Fsp3) is 0.222. The molecule has 0 aliphatic heterocycles. The summed E-state index contributed by atoms with van der Waals surface area (Å²) in [4.78, 5) is 12.1. The maximum atomic E-state index is 12.1. The summed E-state index contributed by atoms with van der Waals surface area (Å²) in [7, 11) is 0. The summed E-state index contributed by atoms with van der Waals surface area (Å²) in [5, 5.41) is 4.08. The third-order valence-electron chi connectivity index (χ3n) is 3.53. The van der Waals surface area contributed by atoms with E-state index in [0.29, 0.717) is 5.56 Å². The average Bonchev–Trinajstić information content (AvgIpc) is 2.44. The summed E-state index contributed by atoms with van der Waals surface area (Å²) in [6.07, 6.45) is 1.70. The van der Waals surface area contributed by atoms with Crippen molar-refractivity contribution in [1.82, 2.24) is 5.43 Å². The van der Waals surface area contributed by atoms with Crippen molar-refractivity contribution in [3.05, 3.63) is 68.2 Å². The Kier molecular flexibility index (Phi) is 5.14. The normalized spacial score (nSPS) is 11.0. The van der Waals surface area contributed by atoms with E-state index in [1.165, 1.54) is 5.56 Å². The number of benzene rings is 2. The Balaban J connectivity index is 2.12. The molecule has 0 spiro atoms. The molecule has 0 saturated heterocycles. The first kappa shape index (κ1) is 16.4. The number of hydrazone groups is 1. The van der Waals surface area contributed by atoms with Gasteiger partial charge in [-0.2, -0.15) is 5.10 Å². The van der Waals surface area contributed by atoms with Crippen molar-refractivity contribution < 1.29 is 4.79 Å². The fourth-order valence-electron chi connectivity index (χ4n) is 2.35. The van der Waals surface area contributed by atoms with E-state index in [1.54, 1.807) is 18.3 Å². The van der Waals surface area contributed by atoms with Gasteiger partial charge in [-0.05, 0) is 56.5 Å².